The van der Waals surface area contributed by atoms with E-state index in [0.29, 0.717) is 17.6 Å². The van der Waals surface area contributed by atoms with Crippen molar-refractivity contribution in [2.45, 2.75) is 64.1 Å². The van der Waals surface area contributed by atoms with Crippen LogP contribution in [0.3, 0.4) is 0 Å². The van der Waals surface area contributed by atoms with Crippen molar-refractivity contribution >= 4 is 5.91 Å². The monoisotopic (exact) mass is 373 g/mol. The van der Waals surface area contributed by atoms with Crippen LogP contribution in [0, 0.1) is 18.7 Å². The van der Waals surface area contributed by atoms with E-state index in [-0.39, 0.29) is 17.6 Å². The highest BCUT2D eigenvalue weighted by Crippen LogP contribution is 2.26. The fourth-order valence-electron chi connectivity index (χ4n) is 4.53. The molecule has 2 heterocycles. The van der Waals surface area contributed by atoms with E-state index in [1.54, 1.807) is 13.0 Å². The summed E-state index contributed by atoms with van der Waals surface area (Å²) in [6.45, 7) is 6.79. The fraction of sp³-hybridized carbons (Fsp3) is 0.682. The van der Waals surface area contributed by atoms with Crippen LogP contribution >= 0.6 is 0 Å². The number of aryl methyl sites for hydroxylation is 1. The molecule has 27 heavy (non-hydrogen) atoms. The standard InChI is InChI=1S/C22H32FN3O/c1-16-4-5-17(13-21(16)23)14-25-11-8-20(9-12-25)26-10-2-3-18(15-26)22(27)24-19-6-7-19/h4-5,13,18-20H,2-3,6-12,14-15H2,1H3,(H,24,27)/t18-/m0/s1. The molecule has 0 bridgehead atoms. The second-order valence-corrected chi connectivity index (χ2v) is 8.71. The average Bonchev–Trinajstić information content (AvgIpc) is 3.49. The predicted molar refractivity (Wildman–Crippen MR) is 105 cm³/mol. The highest BCUT2D eigenvalue weighted by molar-refractivity contribution is 5.79. The van der Waals surface area contributed by atoms with Gasteiger partial charge in [-0.3, -0.25) is 14.6 Å². The first-order valence-electron chi connectivity index (χ1n) is 10.6. The number of rotatable bonds is 5. The first kappa shape index (κ1) is 18.9. The Labute approximate surface area is 162 Å². The van der Waals surface area contributed by atoms with Gasteiger partial charge in [0, 0.05) is 25.2 Å². The Hall–Kier alpha value is -1.46. The minimum atomic E-state index is -0.105. The van der Waals surface area contributed by atoms with E-state index in [4.69, 9.17) is 0 Å². The minimum Gasteiger partial charge on any atom is -0.353 e. The zero-order valence-corrected chi connectivity index (χ0v) is 16.4. The molecule has 1 aromatic carbocycles. The Morgan fingerprint density at radius 3 is 2.63 bits per heavy atom. The Morgan fingerprint density at radius 2 is 1.93 bits per heavy atom. The molecule has 0 radical (unpaired) electrons. The van der Waals surface area contributed by atoms with Crippen LogP contribution in [0.4, 0.5) is 4.39 Å². The maximum atomic E-state index is 13.8. The fourth-order valence-corrected chi connectivity index (χ4v) is 4.53. The van der Waals surface area contributed by atoms with Gasteiger partial charge < -0.3 is 5.32 Å². The maximum absolute atomic E-state index is 13.8. The van der Waals surface area contributed by atoms with Crippen LogP contribution in [0.15, 0.2) is 18.2 Å². The third-order valence-electron chi connectivity index (χ3n) is 6.46. The van der Waals surface area contributed by atoms with Crippen LogP contribution in [0.25, 0.3) is 0 Å². The average molecular weight is 374 g/mol. The second kappa shape index (κ2) is 8.27. The molecule has 1 aromatic rings. The molecule has 4 rings (SSSR count). The topological polar surface area (TPSA) is 35.6 Å². The number of nitrogens with one attached hydrogen (secondary N) is 1. The Bertz CT molecular complexity index is 668. The molecular formula is C22H32FN3O. The van der Waals surface area contributed by atoms with E-state index in [2.05, 4.69) is 15.1 Å². The van der Waals surface area contributed by atoms with Crippen molar-refractivity contribution < 1.29 is 9.18 Å². The van der Waals surface area contributed by atoms with E-state index >= 15 is 0 Å². The number of benzene rings is 1. The van der Waals surface area contributed by atoms with Crippen LogP contribution in [-0.4, -0.2) is 54.0 Å². The van der Waals surface area contributed by atoms with Gasteiger partial charge in [0.25, 0.3) is 0 Å². The number of hydrogen-bond donors (Lipinski definition) is 1. The molecule has 1 saturated carbocycles. The Morgan fingerprint density at radius 1 is 1.15 bits per heavy atom. The zero-order chi connectivity index (χ0) is 18.8. The lowest BCUT2D eigenvalue weighted by Gasteiger charge is -2.42. The summed E-state index contributed by atoms with van der Waals surface area (Å²) in [5.41, 5.74) is 1.77. The van der Waals surface area contributed by atoms with E-state index < -0.39 is 0 Å². The molecule has 0 spiro atoms. The number of carbonyl (C=O) groups is 1. The first-order valence-corrected chi connectivity index (χ1v) is 10.6. The summed E-state index contributed by atoms with van der Waals surface area (Å²) in [5.74, 6) is 0.347. The van der Waals surface area contributed by atoms with Crippen molar-refractivity contribution in [3.05, 3.63) is 35.1 Å². The van der Waals surface area contributed by atoms with Crippen LogP contribution in [0.5, 0.6) is 0 Å². The maximum Gasteiger partial charge on any atom is 0.224 e. The van der Waals surface area contributed by atoms with E-state index in [0.717, 1.165) is 76.8 Å². The van der Waals surface area contributed by atoms with Crippen molar-refractivity contribution in [3.8, 4) is 0 Å². The lowest BCUT2D eigenvalue weighted by atomic mass is 9.93. The quantitative estimate of drug-likeness (QED) is 0.862. The number of hydrogen-bond acceptors (Lipinski definition) is 3. The molecule has 2 saturated heterocycles. The van der Waals surface area contributed by atoms with Gasteiger partial charge in [-0.15, -0.1) is 0 Å². The van der Waals surface area contributed by atoms with Gasteiger partial charge in [-0.05, 0) is 82.3 Å². The van der Waals surface area contributed by atoms with Gasteiger partial charge in [0.2, 0.25) is 5.91 Å². The predicted octanol–water partition coefficient (Wildman–Crippen LogP) is 3.09. The van der Waals surface area contributed by atoms with E-state index in [1.807, 2.05) is 12.1 Å². The third-order valence-corrected chi connectivity index (χ3v) is 6.46. The molecule has 2 aliphatic heterocycles. The Kier molecular flexibility index (Phi) is 5.79. The number of carbonyl (C=O) groups excluding carboxylic acids is 1. The zero-order valence-electron chi connectivity index (χ0n) is 16.4. The van der Waals surface area contributed by atoms with E-state index in [9.17, 15) is 9.18 Å². The van der Waals surface area contributed by atoms with Gasteiger partial charge in [0.1, 0.15) is 5.82 Å². The lowest BCUT2D eigenvalue weighted by molar-refractivity contribution is -0.127. The summed E-state index contributed by atoms with van der Waals surface area (Å²) in [6.07, 6.45) is 6.77. The minimum absolute atomic E-state index is 0.105. The molecule has 148 valence electrons. The summed E-state index contributed by atoms with van der Waals surface area (Å²) in [4.78, 5) is 17.4. The van der Waals surface area contributed by atoms with E-state index in [1.165, 1.54) is 0 Å². The first-order chi connectivity index (χ1) is 13.1. The molecule has 1 atom stereocenters. The van der Waals surface area contributed by atoms with Crippen molar-refractivity contribution in [1.82, 2.24) is 15.1 Å². The molecule has 5 heteroatoms. The Balaban J connectivity index is 1.25. The summed E-state index contributed by atoms with van der Waals surface area (Å²) < 4.78 is 13.8. The van der Waals surface area contributed by atoms with Gasteiger partial charge in [-0.2, -0.15) is 0 Å². The summed E-state index contributed by atoms with van der Waals surface area (Å²) in [5, 5.41) is 3.19. The van der Waals surface area contributed by atoms with Crippen molar-refractivity contribution in [1.29, 1.82) is 0 Å². The molecule has 3 aliphatic rings. The molecule has 0 aromatic heterocycles. The highest BCUT2D eigenvalue weighted by atomic mass is 19.1. The normalized spacial score (nSPS) is 25.5. The van der Waals surface area contributed by atoms with Crippen molar-refractivity contribution in [3.63, 3.8) is 0 Å². The molecule has 4 nitrogen and oxygen atoms in total. The highest BCUT2D eigenvalue weighted by Gasteiger charge is 2.33. The summed E-state index contributed by atoms with van der Waals surface area (Å²) >= 11 is 0. The van der Waals surface area contributed by atoms with Gasteiger partial charge in [0.15, 0.2) is 0 Å². The second-order valence-electron chi connectivity index (χ2n) is 8.71. The molecule has 3 fully saturated rings. The van der Waals surface area contributed by atoms with Gasteiger partial charge >= 0.3 is 0 Å². The van der Waals surface area contributed by atoms with Gasteiger partial charge in [0.05, 0.1) is 5.92 Å². The van der Waals surface area contributed by atoms with Gasteiger partial charge in [-0.1, -0.05) is 12.1 Å². The molecule has 1 amide bonds. The van der Waals surface area contributed by atoms with Crippen molar-refractivity contribution in [2.75, 3.05) is 26.2 Å². The molecular weight excluding hydrogens is 341 g/mol. The SMILES string of the molecule is Cc1ccc(CN2CCC(N3CCC[C@H](C(=O)NC4CC4)C3)CC2)cc1F. The largest absolute Gasteiger partial charge is 0.353 e. The third kappa shape index (κ3) is 4.88. The lowest BCUT2D eigenvalue weighted by Crippen LogP contribution is -2.50. The van der Waals surface area contributed by atoms with Crippen LogP contribution in [0.1, 0.15) is 49.7 Å². The summed E-state index contributed by atoms with van der Waals surface area (Å²) in [6, 6.07) is 6.64. The van der Waals surface area contributed by atoms with Crippen LogP contribution in [-0.2, 0) is 11.3 Å². The van der Waals surface area contributed by atoms with Crippen LogP contribution in [0.2, 0.25) is 0 Å². The number of halogens is 1. The number of nitrogens with zero attached hydrogens (tertiary/aromatic N) is 2. The van der Waals surface area contributed by atoms with Crippen molar-refractivity contribution in [2.24, 2.45) is 5.92 Å². The molecule has 0 unspecified atom stereocenters. The molecule has 1 N–H and O–H groups in total. The number of likely N-dealkylation sites (tertiary alicyclic amines) is 2. The number of amides is 1. The number of piperidine rings is 2. The van der Waals surface area contributed by atoms with Gasteiger partial charge in [-0.25, -0.2) is 4.39 Å². The van der Waals surface area contributed by atoms with Crippen LogP contribution < -0.4 is 5.32 Å². The molecule has 1 aliphatic carbocycles. The summed E-state index contributed by atoms with van der Waals surface area (Å²) in [7, 11) is 0. The smallest absolute Gasteiger partial charge is 0.224 e.